The SMILES string of the molecule is OCC1(CNCC(O)COc2c(Cl)cccc2Cl)CC1. The molecule has 1 aromatic rings. The van der Waals surface area contributed by atoms with E-state index in [1.165, 1.54) is 0 Å². The number of benzene rings is 1. The average molecular weight is 320 g/mol. The molecule has 2 rings (SSSR count). The molecule has 1 aromatic carbocycles. The van der Waals surface area contributed by atoms with Gasteiger partial charge in [0.1, 0.15) is 12.7 Å². The summed E-state index contributed by atoms with van der Waals surface area (Å²) in [7, 11) is 0. The summed E-state index contributed by atoms with van der Waals surface area (Å²) in [5, 5.41) is 23.0. The van der Waals surface area contributed by atoms with Crippen LogP contribution in [0.2, 0.25) is 10.0 Å². The summed E-state index contributed by atoms with van der Waals surface area (Å²) in [6.07, 6.45) is 1.42. The van der Waals surface area contributed by atoms with Gasteiger partial charge in [0, 0.05) is 25.1 Å². The van der Waals surface area contributed by atoms with E-state index in [2.05, 4.69) is 5.32 Å². The topological polar surface area (TPSA) is 61.7 Å². The summed E-state index contributed by atoms with van der Waals surface area (Å²) < 4.78 is 5.45. The van der Waals surface area contributed by atoms with Crippen molar-refractivity contribution in [3.63, 3.8) is 0 Å². The summed E-state index contributed by atoms with van der Waals surface area (Å²) in [5.74, 6) is 0.393. The van der Waals surface area contributed by atoms with Crippen molar-refractivity contribution in [2.75, 3.05) is 26.3 Å². The van der Waals surface area contributed by atoms with Gasteiger partial charge in [-0.05, 0) is 25.0 Å². The van der Waals surface area contributed by atoms with Crippen LogP contribution in [0.4, 0.5) is 0 Å². The minimum atomic E-state index is -0.656. The number of aliphatic hydroxyl groups is 2. The zero-order valence-corrected chi connectivity index (χ0v) is 12.6. The van der Waals surface area contributed by atoms with E-state index in [-0.39, 0.29) is 18.6 Å². The fraction of sp³-hybridized carbons (Fsp3) is 0.571. The molecule has 0 spiro atoms. The molecule has 0 aliphatic heterocycles. The number of nitrogens with one attached hydrogen (secondary N) is 1. The molecule has 0 bridgehead atoms. The van der Waals surface area contributed by atoms with Gasteiger partial charge >= 0.3 is 0 Å². The van der Waals surface area contributed by atoms with Gasteiger partial charge in [-0.3, -0.25) is 0 Å². The first-order chi connectivity index (χ1) is 9.56. The second-order valence-electron chi connectivity index (χ2n) is 5.30. The molecule has 1 fully saturated rings. The van der Waals surface area contributed by atoms with Crippen molar-refractivity contribution in [3.05, 3.63) is 28.2 Å². The molecule has 6 heteroatoms. The average Bonchev–Trinajstić information content (AvgIpc) is 3.19. The minimum Gasteiger partial charge on any atom is -0.488 e. The van der Waals surface area contributed by atoms with E-state index < -0.39 is 6.10 Å². The fourth-order valence-corrected chi connectivity index (χ4v) is 2.44. The van der Waals surface area contributed by atoms with Gasteiger partial charge in [0.15, 0.2) is 5.75 Å². The van der Waals surface area contributed by atoms with Crippen LogP contribution in [-0.4, -0.2) is 42.6 Å². The highest BCUT2D eigenvalue weighted by molar-refractivity contribution is 6.37. The highest BCUT2D eigenvalue weighted by Gasteiger charge is 2.41. The maximum atomic E-state index is 9.85. The van der Waals surface area contributed by atoms with E-state index in [0.717, 1.165) is 12.8 Å². The van der Waals surface area contributed by atoms with Gasteiger partial charge < -0.3 is 20.3 Å². The van der Waals surface area contributed by atoms with Gasteiger partial charge in [-0.25, -0.2) is 0 Å². The number of aliphatic hydroxyl groups excluding tert-OH is 2. The van der Waals surface area contributed by atoms with Crippen LogP contribution in [0.25, 0.3) is 0 Å². The predicted molar refractivity (Wildman–Crippen MR) is 79.6 cm³/mol. The second kappa shape index (κ2) is 6.96. The monoisotopic (exact) mass is 319 g/mol. The van der Waals surface area contributed by atoms with Crippen molar-refractivity contribution in [2.24, 2.45) is 5.41 Å². The van der Waals surface area contributed by atoms with Crippen molar-refractivity contribution in [2.45, 2.75) is 18.9 Å². The zero-order chi connectivity index (χ0) is 14.6. The van der Waals surface area contributed by atoms with Gasteiger partial charge in [-0.15, -0.1) is 0 Å². The molecule has 0 saturated heterocycles. The van der Waals surface area contributed by atoms with Crippen molar-refractivity contribution >= 4 is 23.2 Å². The molecule has 0 aromatic heterocycles. The molecular weight excluding hydrogens is 301 g/mol. The first-order valence-electron chi connectivity index (χ1n) is 6.63. The lowest BCUT2D eigenvalue weighted by Crippen LogP contribution is -2.35. The first-order valence-corrected chi connectivity index (χ1v) is 7.38. The third kappa shape index (κ3) is 4.24. The van der Waals surface area contributed by atoms with E-state index in [4.69, 9.17) is 27.9 Å². The maximum absolute atomic E-state index is 9.85. The third-order valence-corrected chi connectivity index (χ3v) is 4.11. The smallest absolute Gasteiger partial charge is 0.156 e. The summed E-state index contributed by atoms with van der Waals surface area (Å²) in [6.45, 7) is 1.43. The molecule has 4 nitrogen and oxygen atoms in total. The molecule has 1 unspecified atom stereocenters. The van der Waals surface area contributed by atoms with Gasteiger partial charge in [-0.1, -0.05) is 29.3 Å². The molecule has 1 atom stereocenters. The van der Waals surface area contributed by atoms with Gasteiger partial charge in [0.2, 0.25) is 0 Å². The Bertz CT molecular complexity index is 432. The van der Waals surface area contributed by atoms with E-state index in [0.29, 0.717) is 28.9 Å². The Morgan fingerprint density at radius 2 is 1.95 bits per heavy atom. The van der Waals surface area contributed by atoms with Crippen LogP contribution in [0, 0.1) is 5.41 Å². The largest absolute Gasteiger partial charge is 0.488 e. The Labute approximate surface area is 128 Å². The molecule has 1 aliphatic rings. The van der Waals surface area contributed by atoms with Crippen molar-refractivity contribution < 1.29 is 14.9 Å². The van der Waals surface area contributed by atoms with Gasteiger partial charge in [0.05, 0.1) is 10.0 Å². The minimum absolute atomic E-state index is 0.0343. The number of halogens is 2. The zero-order valence-electron chi connectivity index (χ0n) is 11.1. The number of hydrogen-bond acceptors (Lipinski definition) is 4. The first kappa shape index (κ1) is 15.9. The molecule has 1 aliphatic carbocycles. The molecule has 3 N–H and O–H groups in total. The quantitative estimate of drug-likeness (QED) is 0.686. The lowest BCUT2D eigenvalue weighted by molar-refractivity contribution is 0.103. The Hall–Kier alpha value is -0.520. The Kier molecular flexibility index (Phi) is 5.52. The molecule has 0 heterocycles. The second-order valence-corrected chi connectivity index (χ2v) is 6.12. The Morgan fingerprint density at radius 1 is 1.30 bits per heavy atom. The van der Waals surface area contributed by atoms with E-state index in [1.807, 2.05) is 0 Å². The lowest BCUT2D eigenvalue weighted by Gasteiger charge is -2.17. The summed E-state index contributed by atoms with van der Waals surface area (Å²) >= 11 is 11.9. The van der Waals surface area contributed by atoms with E-state index >= 15 is 0 Å². The molecule has 0 amide bonds. The number of hydrogen-bond donors (Lipinski definition) is 3. The van der Waals surface area contributed by atoms with Crippen LogP contribution >= 0.6 is 23.2 Å². The van der Waals surface area contributed by atoms with Crippen LogP contribution in [0.5, 0.6) is 5.75 Å². The number of ether oxygens (including phenoxy) is 1. The molecule has 0 radical (unpaired) electrons. The van der Waals surface area contributed by atoms with Crippen LogP contribution in [0.1, 0.15) is 12.8 Å². The van der Waals surface area contributed by atoms with E-state index in [1.54, 1.807) is 18.2 Å². The standard InChI is InChI=1S/C14H19Cl2NO3/c15-11-2-1-3-12(16)13(11)20-7-10(19)6-17-8-14(9-18)4-5-14/h1-3,10,17-19H,4-9H2. The van der Waals surface area contributed by atoms with Crippen molar-refractivity contribution in [3.8, 4) is 5.75 Å². The van der Waals surface area contributed by atoms with Crippen LogP contribution in [-0.2, 0) is 0 Å². The highest BCUT2D eigenvalue weighted by Crippen LogP contribution is 2.44. The Morgan fingerprint density at radius 3 is 2.50 bits per heavy atom. The highest BCUT2D eigenvalue weighted by atomic mass is 35.5. The Balaban J connectivity index is 1.71. The third-order valence-electron chi connectivity index (χ3n) is 3.51. The van der Waals surface area contributed by atoms with Crippen LogP contribution < -0.4 is 10.1 Å². The van der Waals surface area contributed by atoms with Gasteiger partial charge in [-0.2, -0.15) is 0 Å². The number of para-hydroxylation sites is 1. The summed E-state index contributed by atoms with van der Waals surface area (Å²) in [6, 6.07) is 5.11. The van der Waals surface area contributed by atoms with Crippen molar-refractivity contribution in [1.29, 1.82) is 0 Å². The van der Waals surface area contributed by atoms with Crippen molar-refractivity contribution in [1.82, 2.24) is 5.32 Å². The van der Waals surface area contributed by atoms with Gasteiger partial charge in [0.25, 0.3) is 0 Å². The predicted octanol–water partition coefficient (Wildman–Crippen LogP) is 2.10. The number of rotatable bonds is 8. The summed E-state index contributed by atoms with van der Waals surface area (Å²) in [4.78, 5) is 0. The van der Waals surface area contributed by atoms with Crippen LogP contribution in [0.3, 0.4) is 0 Å². The van der Waals surface area contributed by atoms with E-state index in [9.17, 15) is 10.2 Å². The molecule has 112 valence electrons. The molecule has 1 saturated carbocycles. The van der Waals surface area contributed by atoms with Crippen LogP contribution in [0.15, 0.2) is 18.2 Å². The molecular formula is C14H19Cl2NO3. The molecule has 20 heavy (non-hydrogen) atoms. The maximum Gasteiger partial charge on any atom is 0.156 e. The summed E-state index contributed by atoms with van der Waals surface area (Å²) in [5.41, 5.74) is 0.0343. The fourth-order valence-electron chi connectivity index (χ4n) is 1.93. The lowest BCUT2D eigenvalue weighted by atomic mass is 10.1. The normalized spacial score (nSPS) is 17.8.